The third kappa shape index (κ3) is 2.77. The van der Waals surface area contributed by atoms with Crippen molar-refractivity contribution in [1.29, 1.82) is 0 Å². The highest BCUT2D eigenvalue weighted by molar-refractivity contribution is 9.11. The van der Waals surface area contributed by atoms with Crippen molar-refractivity contribution in [2.45, 2.75) is 13.3 Å². The Balaban J connectivity index is 1.82. The molecule has 3 nitrogen and oxygen atoms in total. The zero-order chi connectivity index (χ0) is 17.6. The molecule has 0 fully saturated rings. The summed E-state index contributed by atoms with van der Waals surface area (Å²) in [5, 5.41) is 0. The number of rotatable bonds is 1. The van der Waals surface area contributed by atoms with E-state index in [9.17, 15) is 4.79 Å². The monoisotopic (exact) mass is 412 g/mol. The van der Waals surface area contributed by atoms with Gasteiger partial charge in [0.2, 0.25) is 0 Å². The van der Waals surface area contributed by atoms with Gasteiger partial charge in [0.15, 0.2) is 0 Å². The second-order valence-corrected chi connectivity index (χ2v) is 8.49. The summed E-state index contributed by atoms with van der Waals surface area (Å²) in [5.74, 6) is 0.0133. The van der Waals surface area contributed by atoms with Crippen molar-refractivity contribution in [2.24, 2.45) is 0 Å². The smallest absolute Gasteiger partial charge is 0.258 e. The van der Waals surface area contributed by atoms with E-state index in [0.717, 1.165) is 17.7 Å². The Hall–Kier alpha value is -2.11. The Labute approximate surface area is 159 Å². The molecule has 126 valence electrons. The minimum Gasteiger partial charge on any atom is -0.399 e. The van der Waals surface area contributed by atoms with Crippen LogP contribution in [0.15, 0.2) is 52.3 Å². The van der Waals surface area contributed by atoms with Crippen LogP contribution in [0.4, 0.5) is 11.4 Å². The molecule has 0 bridgehead atoms. The molecule has 0 radical (unpaired) electrons. The number of benzene rings is 2. The molecule has 1 aromatic heterocycles. The van der Waals surface area contributed by atoms with Gasteiger partial charge in [-0.25, -0.2) is 0 Å². The lowest BCUT2D eigenvalue weighted by Gasteiger charge is -2.23. The van der Waals surface area contributed by atoms with Gasteiger partial charge in [-0.15, -0.1) is 11.3 Å². The molecule has 2 aromatic carbocycles. The maximum absolute atomic E-state index is 13.1. The molecule has 0 atom stereocenters. The van der Waals surface area contributed by atoms with Crippen LogP contribution in [0.1, 0.15) is 21.5 Å². The van der Waals surface area contributed by atoms with Gasteiger partial charge >= 0.3 is 0 Å². The van der Waals surface area contributed by atoms with Crippen LogP contribution in [0.25, 0.3) is 10.4 Å². The Morgan fingerprint density at radius 3 is 2.64 bits per heavy atom. The van der Waals surface area contributed by atoms with Crippen molar-refractivity contribution < 1.29 is 4.79 Å². The van der Waals surface area contributed by atoms with Gasteiger partial charge in [-0.1, -0.05) is 18.2 Å². The molecule has 0 saturated carbocycles. The number of fused-ring (bicyclic) bond motifs is 3. The molecule has 1 aliphatic rings. The van der Waals surface area contributed by atoms with Crippen molar-refractivity contribution in [3.8, 4) is 10.4 Å². The lowest BCUT2D eigenvalue weighted by Crippen LogP contribution is -2.32. The van der Waals surface area contributed by atoms with Crippen molar-refractivity contribution in [1.82, 2.24) is 0 Å². The number of anilines is 2. The topological polar surface area (TPSA) is 46.3 Å². The maximum atomic E-state index is 13.1. The van der Waals surface area contributed by atoms with Gasteiger partial charge < -0.3 is 10.6 Å². The number of carbonyl (C=O) groups is 1. The van der Waals surface area contributed by atoms with E-state index in [1.54, 1.807) is 35.6 Å². The fourth-order valence-electron chi connectivity index (χ4n) is 3.27. The first-order valence-corrected chi connectivity index (χ1v) is 9.72. The van der Waals surface area contributed by atoms with E-state index in [-0.39, 0.29) is 5.91 Å². The largest absolute Gasteiger partial charge is 0.399 e. The number of nitrogen functional groups attached to an aromatic ring is 1. The number of para-hydroxylation sites is 1. The zero-order valence-electron chi connectivity index (χ0n) is 13.8. The van der Waals surface area contributed by atoms with Crippen molar-refractivity contribution >= 4 is 44.5 Å². The second-order valence-electron chi connectivity index (χ2n) is 6.15. The number of hydrogen-bond donors (Lipinski definition) is 1. The number of amides is 1. The number of hydrogen-bond acceptors (Lipinski definition) is 3. The van der Waals surface area contributed by atoms with E-state index in [4.69, 9.17) is 5.73 Å². The molecule has 0 unspecified atom stereocenters. The maximum Gasteiger partial charge on any atom is 0.258 e. The minimum absolute atomic E-state index is 0.0133. The third-order valence-corrected chi connectivity index (χ3v) is 6.88. The summed E-state index contributed by atoms with van der Waals surface area (Å²) < 4.78 is 1.17. The highest BCUT2D eigenvalue weighted by Crippen LogP contribution is 2.45. The Morgan fingerprint density at radius 1 is 1.16 bits per heavy atom. The second kappa shape index (κ2) is 6.32. The van der Waals surface area contributed by atoms with Crippen LogP contribution in [0, 0.1) is 6.92 Å². The normalized spacial score (nSPS) is 13.1. The van der Waals surface area contributed by atoms with E-state index >= 15 is 0 Å². The quantitative estimate of drug-likeness (QED) is 0.553. The number of carbonyl (C=O) groups excluding carboxylic acids is 1. The summed E-state index contributed by atoms with van der Waals surface area (Å²) >= 11 is 5.41. The molecule has 1 aliphatic heterocycles. The van der Waals surface area contributed by atoms with Crippen LogP contribution >= 0.6 is 27.3 Å². The molecule has 0 spiro atoms. The number of halogens is 1. The van der Waals surface area contributed by atoms with Gasteiger partial charge in [0, 0.05) is 28.2 Å². The first-order chi connectivity index (χ1) is 12.1. The SMILES string of the molecule is Cc1c(Br)sc2c1CCN(C(=O)c1ccc(N)cc1)c1ccccc1-2. The number of nitrogens with zero attached hydrogens (tertiary/aromatic N) is 1. The molecule has 25 heavy (non-hydrogen) atoms. The summed E-state index contributed by atoms with van der Waals surface area (Å²) in [5.41, 5.74) is 11.8. The van der Waals surface area contributed by atoms with Crippen molar-refractivity contribution in [2.75, 3.05) is 17.2 Å². The summed E-state index contributed by atoms with van der Waals surface area (Å²) in [6.07, 6.45) is 0.846. The Bertz CT molecular complexity index is 962. The average molecular weight is 413 g/mol. The highest BCUT2D eigenvalue weighted by atomic mass is 79.9. The summed E-state index contributed by atoms with van der Waals surface area (Å²) in [6, 6.07) is 15.3. The fraction of sp³-hybridized carbons (Fsp3) is 0.150. The average Bonchev–Trinajstić information content (AvgIpc) is 2.81. The lowest BCUT2D eigenvalue weighted by molar-refractivity contribution is 0.0987. The molecular formula is C20H17BrN2OS. The lowest BCUT2D eigenvalue weighted by atomic mass is 10.0. The summed E-state index contributed by atoms with van der Waals surface area (Å²) in [4.78, 5) is 16.3. The van der Waals surface area contributed by atoms with Gasteiger partial charge in [0.1, 0.15) is 0 Å². The fourth-order valence-corrected chi connectivity index (χ4v) is 5.11. The van der Waals surface area contributed by atoms with Crippen LogP contribution in [0.3, 0.4) is 0 Å². The zero-order valence-corrected chi connectivity index (χ0v) is 16.2. The van der Waals surface area contributed by atoms with E-state index in [2.05, 4.69) is 28.9 Å². The van der Waals surface area contributed by atoms with E-state index in [1.165, 1.54) is 19.8 Å². The van der Waals surface area contributed by atoms with Crippen molar-refractivity contribution in [3.63, 3.8) is 0 Å². The van der Waals surface area contributed by atoms with Crippen molar-refractivity contribution in [3.05, 3.63) is 69.0 Å². The van der Waals surface area contributed by atoms with Gasteiger partial charge in [0.05, 0.1) is 9.47 Å². The summed E-state index contributed by atoms with van der Waals surface area (Å²) in [6.45, 7) is 2.80. The van der Waals surface area contributed by atoms with Gasteiger partial charge in [-0.3, -0.25) is 4.79 Å². The summed E-state index contributed by atoms with van der Waals surface area (Å²) in [7, 11) is 0. The standard InChI is InChI=1S/C20H17BrN2OS/c1-12-15-10-11-23(20(24)13-6-8-14(22)9-7-13)17-5-3-2-4-16(17)18(15)25-19(12)21/h2-9H,10-11,22H2,1H3. The van der Waals surface area contributed by atoms with Gasteiger partial charge in [0.25, 0.3) is 5.91 Å². The third-order valence-electron chi connectivity index (χ3n) is 4.64. The van der Waals surface area contributed by atoms with Crippen LogP contribution in [0.5, 0.6) is 0 Å². The molecule has 2 N–H and O–H groups in total. The Morgan fingerprint density at radius 2 is 1.88 bits per heavy atom. The molecule has 5 heteroatoms. The molecule has 4 rings (SSSR count). The molecular weight excluding hydrogens is 396 g/mol. The molecule has 0 aliphatic carbocycles. The number of nitrogens with two attached hydrogens (primary N) is 1. The molecule has 1 amide bonds. The van der Waals surface area contributed by atoms with E-state index < -0.39 is 0 Å². The Kier molecular flexibility index (Phi) is 4.13. The van der Waals surface area contributed by atoms with E-state index in [0.29, 0.717) is 17.8 Å². The highest BCUT2D eigenvalue weighted by Gasteiger charge is 2.27. The van der Waals surface area contributed by atoms with Gasteiger partial charge in [-0.2, -0.15) is 0 Å². The first-order valence-electron chi connectivity index (χ1n) is 8.11. The predicted octanol–water partition coefficient (Wildman–Crippen LogP) is 5.27. The van der Waals surface area contributed by atoms with Crippen LogP contribution in [0.2, 0.25) is 0 Å². The van der Waals surface area contributed by atoms with Crippen LogP contribution in [-0.2, 0) is 6.42 Å². The molecule has 3 aromatic rings. The number of thiophene rings is 1. The van der Waals surface area contributed by atoms with Crippen LogP contribution in [-0.4, -0.2) is 12.5 Å². The minimum atomic E-state index is 0.0133. The molecule has 0 saturated heterocycles. The predicted molar refractivity (Wildman–Crippen MR) is 108 cm³/mol. The van der Waals surface area contributed by atoms with Gasteiger partial charge in [-0.05, 0) is 70.7 Å². The first kappa shape index (κ1) is 16.4. The van der Waals surface area contributed by atoms with Crippen LogP contribution < -0.4 is 10.6 Å². The van der Waals surface area contributed by atoms with E-state index in [1.807, 2.05) is 23.1 Å². The molecule has 2 heterocycles.